The molecule has 2 atom stereocenters. The molecule has 0 radical (unpaired) electrons. The molecule has 0 saturated heterocycles. The first-order chi connectivity index (χ1) is 18.4. The van der Waals surface area contributed by atoms with Crippen LogP contribution in [-0.2, 0) is 4.74 Å². The molecule has 1 aliphatic rings. The van der Waals surface area contributed by atoms with E-state index in [1.807, 2.05) is 72.8 Å². The average molecular weight is 506 g/mol. The highest BCUT2D eigenvalue weighted by molar-refractivity contribution is 6.03. The van der Waals surface area contributed by atoms with E-state index < -0.39 is 18.0 Å². The molecule has 5 rings (SSSR count). The van der Waals surface area contributed by atoms with Gasteiger partial charge in [-0.3, -0.25) is 5.41 Å². The van der Waals surface area contributed by atoms with E-state index in [2.05, 4.69) is 5.32 Å². The number of carboxylic acid groups (broad SMARTS) is 1. The second kappa shape index (κ2) is 10.2. The maximum atomic E-state index is 12.9. The maximum Gasteiger partial charge on any atom is 0.338 e. The van der Waals surface area contributed by atoms with Crippen LogP contribution in [0.3, 0.4) is 0 Å². The molecule has 0 bridgehead atoms. The molecule has 2 unspecified atom stereocenters. The Morgan fingerprint density at radius 3 is 2.29 bits per heavy atom. The van der Waals surface area contributed by atoms with Crippen LogP contribution in [0, 0.1) is 5.41 Å². The number of ether oxygens (including phenoxy) is 1. The van der Waals surface area contributed by atoms with Crippen molar-refractivity contribution in [3.8, 4) is 11.1 Å². The van der Waals surface area contributed by atoms with Gasteiger partial charge in [0, 0.05) is 22.7 Å². The largest absolute Gasteiger partial charge is 0.478 e. The number of aromatic carboxylic acids is 1. The molecule has 0 aliphatic carbocycles. The molecule has 7 nitrogen and oxygen atoms in total. The second-order valence-corrected chi connectivity index (χ2v) is 9.22. The van der Waals surface area contributed by atoms with E-state index in [1.165, 1.54) is 7.11 Å². The van der Waals surface area contributed by atoms with Crippen molar-refractivity contribution in [3.05, 3.63) is 124 Å². The SMILES string of the molecule is COC(=O)c1ccc(-c2ccccc2)c(C(=O)O)c1C1CC(c2ccccc2)c2cc(C(=N)N)ccc2N1. The highest BCUT2D eigenvalue weighted by atomic mass is 16.5. The van der Waals surface area contributed by atoms with Gasteiger partial charge < -0.3 is 20.9 Å². The second-order valence-electron chi connectivity index (χ2n) is 9.22. The molecule has 4 aromatic rings. The Hall–Kier alpha value is -4.91. The van der Waals surface area contributed by atoms with Crippen molar-refractivity contribution >= 4 is 23.5 Å². The Bertz CT molecular complexity index is 1530. The molecular weight excluding hydrogens is 478 g/mol. The van der Waals surface area contributed by atoms with Gasteiger partial charge in [0.05, 0.1) is 24.3 Å². The third kappa shape index (κ3) is 4.50. The van der Waals surface area contributed by atoms with E-state index in [1.54, 1.807) is 18.2 Å². The van der Waals surface area contributed by atoms with Crippen molar-refractivity contribution in [2.24, 2.45) is 5.73 Å². The van der Waals surface area contributed by atoms with Gasteiger partial charge in [0.15, 0.2) is 0 Å². The van der Waals surface area contributed by atoms with Crippen molar-refractivity contribution < 1.29 is 19.4 Å². The summed E-state index contributed by atoms with van der Waals surface area (Å²) in [7, 11) is 1.29. The summed E-state index contributed by atoms with van der Waals surface area (Å²) < 4.78 is 5.07. The van der Waals surface area contributed by atoms with Crippen molar-refractivity contribution in [3.63, 3.8) is 0 Å². The number of carbonyl (C=O) groups is 2. The van der Waals surface area contributed by atoms with Crippen molar-refractivity contribution in [1.82, 2.24) is 0 Å². The van der Waals surface area contributed by atoms with Crippen LogP contribution in [0.2, 0.25) is 0 Å². The number of benzene rings is 4. The standard InChI is InChI=1S/C31H27N3O4/c1-38-31(37)22-14-13-21(18-8-4-2-5-9-18)28(30(35)36)27(22)26-17-23(19-10-6-3-7-11-19)24-16-20(29(32)33)12-15-25(24)34-26/h2-16,23,26,34H,17H2,1H3,(H3,32,33)(H,35,36). The summed E-state index contributed by atoms with van der Waals surface area (Å²) in [5, 5.41) is 21.9. The van der Waals surface area contributed by atoms with Crippen LogP contribution in [0.15, 0.2) is 91.0 Å². The summed E-state index contributed by atoms with van der Waals surface area (Å²) in [6.45, 7) is 0. The Kier molecular flexibility index (Phi) is 6.66. The summed E-state index contributed by atoms with van der Waals surface area (Å²) in [5.41, 5.74) is 11.1. The first kappa shape index (κ1) is 24.8. The Morgan fingerprint density at radius 2 is 1.66 bits per heavy atom. The number of nitrogen functional groups attached to an aromatic ring is 1. The highest BCUT2D eigenvalue weighted by Gasteiger charge is 2.35. The molecule has 0 amide bonds. The fraction of sp³-hybridized carbons (Fsp3) is 0.129. The van der Waals surface area contributed by atoms with Crippen molar-refractivity contribution in [1.29, 1.82) is 5.41 Å². The number of carboxylic acids is 1. The molecule has 1 aliphatic heterocycles. The van der Waals surface area contributed by atoms with E-state index in [-0.39, 0.29) is 22.9 Å². The van der Waals surface area contributed by atoms with Crippen molar-refractivity contribution in [2.45, 2.75) is 18.4 Å². The number of nitrogens with one attached hydrogen (secondary N) is 2. The Morgan fingerprint density at radius 1 is 0.974 bits per heavy atom. The van der Waals surface area contributed by atoms with E-state index in [4.69, 9.17) is 15.9 Å². The number of hydrogen-bond acceptors (Lipinski definition) is 5. The highest BCUT2D eigenvalue weighted by Crippen LogP contribution is 2.46. The minimum absolute atomic E-state index is 0.0292. The Balaban J connectivity index is 1.74. The number of hydrogen-bond donors (Lipinski definition) is 4. The normalized spacial score (nSPS) is 16.1. The lowest BCUT2D eigenvalue weighted by atomic mass is 9.77. The third-order valence-corrected chi connectivity index (χ3v) is 7.04. The Labute approximate surface area is 220 Å². The number of esters is 1. The summed E-state index contributed by atoms with van der Waals surface area (Å²) in [5.74, 6) is -1.89. The number of anilines is 1. The number of rotatable bonds is 6. The van der Waals surface area contributed by atoms with E-state index >= 15 is 0 Å². The quantitative estimate of drug-likeness (QED) is 0.149. The lowest BCUT2D eigenvalue weighted by Gasteiger charge is -2.36. The first-order valence-corrected chi connectivity index (χ1v) is 12.2. The lowest BCUT2D eigenvalue weighted by Crippen LogP contribution is -2.27. The monoisotopic (exact) mass is 505 g/mol. The number of nitrogens with two attached hydrogens (primary N) is 1. The van der Waals surface area contributed by atoms with Crippen LogP contribution < -0.4 is 11.1 Å². The molecular formula is C31H27N3O4. The van der Waals surface area contributed by atoms with Gasteiger partial charge in [-0.25, -0.2) is 9.59 Å². The van der Waals surface area contributed by atoms with Crippen LogP contribution in [0.25, 0.3) is 11.1 Å². The van der Waals surface area contributed by atoms with Crippen LogP contribution in [-0.4, -0.2) is 30.0 Å². The van der Waals surface area contributed by atoms with Crippen LogP contribution >= 0.6 is 0 Å². The molecule has 0 spiro atoms. The molecule has 1 heterocycles. The number of fused-ring (bicyclic) bond motifs is 1. The van der Waals surface area contributed by atoms with Gasteiger partial charge in [0.1, 0.15) is 5.84 Å². The number of carbonyl (C=O) groups excluding carboxylic acids is 1. The fourth-order valence-corrected chi connectivity index (χ4v) is 5.31. The predicted octanol–water partition coefficient (Wildman–Crippen LogP) is 5.81. The first-order valence-electron chi connectivity index (χ1n) is 12.2. The smallest absolute Gasteiger partial charge is 0.338 e. The fourth-order valence-electron chi connectivity index (χ4n) is 5.31. The molecule has 38 heavy (non-hydrogen) atoms. The zero-order valence-electron chi connectivity index (χ0n) is 20.8. The van der Waals surface area contributed by atoms with Gasteiger partial charge in [0.2, 0.25) is 0 Å². The molecule has 0 aromatic heterocycles. The number of amidine groups is 1. The molecule has 0 fully saturated rings. The maximum absolute atomic E-state index is 12.9. The van der Waals surface area contributed by atoms with E-state index in [9.17, 15) is 14.7 Å². The molecule has 7 heteroatoms. The van der Waals surface area contributed by atoms with Crippen LogP contribution in [0.4, 0.5) is 5.69 Å². The van der Waals surface area contributed by atoms with E-state index in [0.717, 1.165) is 22.4 Å². The van der Waals surface area contributed by atoms with Gasteiger partial charge in [-0.1, -0.05) is 66.7 Å². The predicted molar refractivity (Wildman–Crippen MR) is 147 cm³/mol. The van der Waals surface area contributed by atoms with E-state index in [0.29, 0.717) is 23.1 Å². The van der Waals surface area contributed by atoms with Gasteiger partial charge >= 0.3 is 11.9 Å². The summed E-state index contributed by atoms with van der Waals surface area (Å²) >= 11 is 0. The summed E-state index contributed by atoms with van der Waals surface area (Å²) in [4.78, 5) is 25.8. The lowest BCUT2D eigenvalue weighted by molar-refractivity contribution is 0.0599. The van der Waals surface area contributed by atoms with Crippen LogP contribution in [0.5, 0.6) is 0 Å². The summed E-state index contributed by atoms with van der Waals surface area (Å²) in [6, 6.07) is 27.5. The minimum Gasteiger partial charge on any atom is -0.478 e. The zero-order chi connectivity index (χ0) is 26.8. The van der Waals surface area contributed by atoms with Gasteiger partial charge in [0.25, 0.3) is 0 Å². The average Bonchev–Trinajstić information content (AvgIpc) is 2.95. The topological polar surface area (TPSA) is 126 Å². The molecule has 190 valence electrons. The third-order valence-electron chi connectivity index (χ3n) is 7.04. The molecule has 0 saturated carbocycles. The zero-order valence-corrected chi connectivity index (χ0v) is 20.8. The van der Waals surface area contributed by atoms with Crippen molar-refractivity contribution in [2.75, 3.05) is 12.4 Å². The van der Waals surface area contributed by atoms with Gasteiger partial charge in [-0.2, -0.15) is 0 Å². The minimum atomic E-state index is -1.12. The van der Waals surface area contributed by atoms with Gasteiger partial charge in [-0.05, 0) is 52.9 Å². The number of methoxy groups -OCH3 is 1. The molecule has 4 aromatic carbocycles. The molecule has 5 N–H and O–H groups in total. The summed E-state index contributed by atoms with van der Waals surface area (Å²) in [6.07, 6.45) is 0.473. The van der Waals surface area contributed by atoms with Crippen LogP contribution in [0.1, 0.15) is 61.4 Å². The van der Waals surface area contributed by atoms with Gasteiger partial charge in [-0.15, -0.1) is 0 Å².